The lowest BCUT2D eigenvalue weighted by Gasteiger charge is -2.19. The maximum atomic E-state index is 12.3. The summed E-state index contributed by atoms with van der Waals surface area (Å²) in [5, 5.41) is 15.4. The Morgan fingerprint density at radius 1 is 1.25 bits per heavy atom. The number of hydrogen-bond donors (Lipinski definition) is 4. The predicted octanol–water partition coefficient (Wildman–Crippen LogP) is 3.09. The first-order valence-electron chi connectivity index (χ1n) is 7.26. The summed E-state index contributed by atoms with van der Waals surface area (Å²) in [6.45, 7) is 1.83. The van der Waals surface area contributed by atoms with Gasteiger partial charge in [-0.15, -0.1) is 0 Å². The molecule has 0 radical (unpaired) electrons. The highest BCUT2D eigenvalue weighted by Gasteiger charge is 2.20. The van der Waals surface area contributed by atoms with Gasteiger partial charge in [-0.3, -0.25) is 4.79 Å². The average molecular weight is 348 g/mol. The van der Waals surface area contributed by atoms with Crippen LogP contribution in [-0.2, 0) is 4.79 Å². The van der Waals surface area contributed by atoms with Gasteiger partial charge in [0.15, 0.2) is 0 Å². The number of halogens is 1. The number of carbonyl (C=O) groups is 2. The van der Waals surface area contributed by atoms with Crippen LogP contribution in [0, 0.1) is 6.92 Å². The molecule has 3 amide bonds. The Hall–Kier alpha value is -2.73. The van der Waals surface area contributed by atoms with Crippen LogP contribution in [0.25, 0.3) is 0 Å². The zero-order valence-corrected chi connectivity index (χ0v) is 13.8. The lowest BCUT2D eigenvalue weighted by atomic mass is 10.0. The van der Waals surface area contributed by atoms with E-state index in [0.717, 1.165) is 5.56 Å². The minimum Gasteiger partial charge on any atom is -0.506 e. The van der Waals surface area contributed by atoms with Gasteiger partial charge >= 0.3 is 6.03 Å². The molecule has 2 aromatic carbocycles. The van der Waals surface area contributed by atoms with Gasteiger partial charge in [0.2, 0.25) is 5.91 Å². The van der Waals surface area contributed by atoms with Crippen molar-refractivity contribution in [1.82, 2.24) is 5.32 Å². The molecule has 2 rings (SSSR count). The molecule has 0 aliphatic carbocycles. The highest BCUT2D eigenvalue weighted by molar-refractivity contribution is 6.31. The number of phenols is 1. The van der Waals surface area contributed by atoms with E-state index in [-0.39, 0.29) is 12.2 Å². The molecule has 7 heteroatoms. The smallest absolute Gasteiger partial charge is 0.312 e. The fraction of sp³-hybridized carbons (Fsp3) is 0.176. The van der Waals surface area contributed by atoms with Crippen molar-refractivity contribution in [2.24, 2.45) is 5.73 Å². The summed E-state index contributed by atoms with van der Waals surface area (Å²) in [5.74, 6) is -0.423. The molecule has 1 unspecified atom stereocenters. The van der Waals surface area contributed by atoms with Crippen LogP contribution < -0.4 is 16.4 Å². The van der Waals surface area contributed by atoms with Crippen LogP contribution >= 0.6 is 11.6 Å². The van der Waals surface area contributed by atoms with E-state index in [4.69, 9.17) is 17.3 Å². The van der Waals surface area contributed by atoms with E-state index in [9.17, 15) is 14.7 Å². The largest absolute Gasteiger partial charge is 0.506 e. The number of urea groups is 1. The van der Waals surface area contributed by atoms with E-state index in [1.165, 1.54) is 0 Å². The topological polar surface area (TPSA) is 104 Å². The van der Waals surface area contributed by atoms with E-state index in [2.05, 4.69) is 10.6 Å². The Morgan fingerprint density at radius 2 is 1.96 bits per heavy atom. The van der Waals surface area contributed by atoms with Gasteiger partial charge in [0.05, 0.1) is 18.2 Å². The molecule has 0 bridgehead atoms. The zero-order valence-electron chi connectivity index (χ0n) is 13.0. The number of rotatable bonds is 5. The fourth-order valence-corrected chi connectivity index (χ4v) is 2.57. The van der Waals surface area contributed by atoms with Crippen molar-refractivity contribution in [2.75, 3.05) is 5.32 Å². The molecule has 5 N–H and O–H groups in total. The Morgan fingerprint density at radius 3 is 2.58 bits per heavy atom. The van der Waals surface area contributed by atoms with Crippen LogP contribution in [0.3, 0.4) is 0 Å². The van der Waals surface area contributed by atoms with Crippen LogP contribution in [0.15, 0.2) is 42.5 Å². The number of hydrogen-bond acceptors (Lipinski definition) is 3. The van der Waals surface area contributed by atoms with Gasteiger partial charge in [0, 0.05) is 5.02 Å². The van der Waals surface area contributed by atoms with Crippen LogP contribution in [0.4, 0.5) is 10.5 Å². The quantitative estimate of drug-likeness (QED) is 0.624. The molecule has 0 aliphatic rings. The summed E-state index contributed by atoms with van der Waals surface area (Å²) < 4.78 is 0. The number of carbonyl (C=O) groups excluding carboxylic acids is 2. The monoisotopic (exact) mass is 347 g/mol. The van der Waals surface area contributed by atoms with E-state index in [0.29, 0.717) is 16.3 Å². The highest BCUT2D eigenvalue weighted by atomic mass is 35.5. The normalized spacial score (nSPS) is 11.6. The number of amides is 3. The van der Waals surface area contributed by atoms with Gasteiger partial charge in [-0.2, -0.15) is 0 Å². The van der Waals surface area contributed by atoms with Gasteiger partial charge in [-0.25, -0.2) is 4.79 Å². The molecule has 0 spiro atoms. The Labute approximate surface area is 144 Å². The molecule has 126 valence electrons. The van der Waals surface area contributed by atoms with Crippen LogP contribution in [0.1, 0.15) is 23.6 Å². The van der Waals surface area contributed by atoms with Crippen molar-refractivity contribution >= 4 is 29.2 Å². The van der Waals surface area contributed by atoms with Gasteiger partial charge < -0.3 is 21.5 Å². The second-order valence-corrected chi connectivity index (χ2v) is 5.76. The van der Waals surface area contributed by atoms with Gasteiger partial charge in [0.25, 0.3) is 0 Å². The molecule has 0 fully saturated rings. The standard InChI is InChI=1S/C17H18ClN3O3/c1-10-6-7-13(15(22)8-10)20-16(23)9-14(21-17(19)24)11-4-2-3-5-12(11)18/h2-8,14,22H,9H2,1H3,(H,20,23)(H3,19,21,24). The minimum atomic E-state index is -0.758. The van der Waals surface area contributed by atoms with Crippen molar-refractivity contribution < 1.29 is 14.7 Å². The van der Waals surface area contributed by atoms with Crippen molar-refractivity contribution in [3.8, 4) is 5.75 Å². The van der Waals surface area contributed by atoms with Crippen LogP contribution in [0.2, 0.25) is 5.02 Å². The van der Waals surface area contributed by atoms with Crippen molar-refractivity contribution in [1.29, 1.82) is 0 Å². The van der Waals surface area contributed by atoms with E-state index >= 15 is 0 Å². The molecule has 0 saturated heterocycles. The summed E-state index contributed by atoms with van der Waals surface area (Å²) in [5.41, 5.74) is 6.93. The number of nitrogens with two attached hydrogens (primary N) is 1. The van der Waals surface area contributed by atoms with Crippen molar-refractivity contribution in [3.63, 3.8) is 0 Å². The molecule has 0 heterocycles. The SMILES string of the molecule is Cc1ccc(NC(=O)CC(NC(N)=O)c2ccccc2Cl)c(O)c1. The molecule has 0 saturated carbocycles. The summed E-state index contributed by atoms with van der Waals surface area (Å²) in [6.07, 6.45) is -0.0833. The first-order chi connectivity index (χ1) is 11.4. The highest BCUT2D eigenvalue weighted by Crippen LogP contribution is 2.27. The summed E-state index contributed by atoms with van der Waals surface area (Å²) in [4.78, 5) is 23.5. The summed E-state index contributed by atoms with van der Waals surface area (Å²) in [6, 6.07) is 10.4. The molecular weight excluding hydrogens is 330 g/mol. The lowest BCUT2D eigenvalue weighted by molar-refractivity contribution is -0.116. The van der Waals surface area contributed by atoms with Gasteiger partial charge in [0.1, 0.15) is 5.75 Å². The number of anilines is 1. The second-order valence-electron chi connectivity index (χ2n) is 5.36. The van der Waals surface area contributed by atoms with Crippen LogP contribution in [-0.4, -0.2) is 17.0 Å². The van der Waals surface area contributed by atoms with Crippen molar-refractivity contribution in [3.05, 3.63) is 58.6 Å². The van der Waals surface area contributed by atoms with E-state index in [1.807, 2.05) is 6.92 Å². The van der Waals surface area contributed by atoms with Gasteiger partial charge in [-0.05, 0) is 36.2 Å². The number of nitrogens with one attached hydrogen (secondary N) is 2. The predicted molar refractivity (Wildman–Crippen MR) is 93.0 cm³/mol. The minimum absolute atomic E-state index is 0.0273. The Kier molecular flexibility index (Phi) is 5.65. The number of aromatic hydroxyl groups is 1. The zero-order chi connectivity index (χ0) is 17.7. The van der Waals surface area contributed by atoms with Crippen molar-refractivity contribution in [2.45, 2.75) is 19.4 Å². The first kappa shape index (κ1) is 17.6. The summed E-state index contributed by atoms with van der Waals surface area (Å²) >= 11 is 6.12. The third kappa shape index (κ3) is 4.63. The molecule has 0 aliphatic heterocycles. The Balaban J connectivity index is 2.15. The second kappa shape index (κ2) is 7.70. The molecule has 1 atom stereocenters. The Bertz CT molecular complexity index is 764. The third-order valence-corrected chi connectivity index (χ3v) is 3.76. The number of benzene rings is 2. The molecule has 24 heavy (non-hydrogen) atoms. The van der Waals surface area contributed by atoms with Crippen LogP contribution in [0.5, 0.6) is 5.75 Å². The maximum Gasteiger partial charge on any atom is 0.312 e. The van der Waals surface area contributed by atoms with E-state index in [1.54, 1.807) is 42.5 Å². The fourth-order valence-electron chi connectivity index (χ4n) is 2.30. The molecule has 6 nitrogen and oxygen atoms in total. The van der Waals surface area contributed by atoms with Gasteiger partial charge in [-0.1, -0.05) is 35.9 Å². The third-order valence-electron chi connectivity index (χ3n) is 3.41. The number of primary amides is 1. The molecular formula is C17H18ClN3O3. The lowest BCUT2D eigenvalue weighted by Crippen LogP contribution is -2.35. The number of aryl methyl sites for hydroxylation is 1. The number of phenolic OH excluding ortho intramolecular Hbond substituents is 1. The summed E-state index contributed by atoms with van der Waals surface area (Å²) in [7, 11) is 0. The molecule has 2 aromatic rings. The van der Waals surface area contributed by atoms with E-state index < -0.39 is 18.0 Å². The maximum absolute atomic E-state index is 12.3. The first-order valence-corrected chi connectivity index (χ1v) is 7.64. The molecule has 0 aromatic heterocycles. The average Bonchev–Trinajstić information content (AvgIpc) is 2.49.